The first kappa shape index (κ1) is 17.1. The van der Waals surface area contributed by atoms with Crippen molar-refractivity contribution in [3.05, 3.63) is 34.6 Å². The average molecular weight is 369 g/mol. The topological polar surface area (TPSA) is 50.8 Å². The number of carbonyl (C=O) groups excluding carboxylic acids is 1. The fourth-order valence-corrected chi connectivity index (χ4v) is 3.90. The molecule has 2 saturated heterocycles. The minimum atomic E-state index is -0.411. The van der Waals surface area contributed by atoms with Crippen LogP contribution < -0.4 is 5.32 Å². The Labute approximate surface area is 151 Å². The highest BCUT2D eigenvalue weighted by molar-refractivity contribution is 6.30. The highest BCUT2D eigenvalue weighted by atomic mass is 35.5. The number of urea groups is 1. The van der Waals surface area contributed by atoms with Gasteiger partial charge in [0.1, 0.15) is 5.82 Å². The number of hydrogen-bond acceptors (Lipinski definition) is 3. The third kappa shape index (κ3) is 3.61. The number of nitrogens with one attached hydrogen (secondary N) is 1. The maximum Gasteiger partial charge on any atom is 0.317 e. The Morgan fingerprint density at radius 1 is 1.32 bits per heavy atom. The van der Waals surface area contributed by atoms with Gasteiger partial charge in [-0.05, 0) is 24.1 Å². The van der Waals surface area contributed by atoms with Crippen LogP contribution in [0.4, 0.5) is 9.18 Å². The summed E-state index contributed by atoms with van der Waals surface area (Å²) in [6, 6.07) is 4.86. The molecule has 2 aliphatic heterocycles. The predicted molar refractivity (Wildman–Crippen MR) is 91.4 cm³/mol. The maximum absolute atomic E-state index is 13.6. The van der Waals surface area contributed by atoms with E-state index in [1.165, 1.54) is 6.07 Å². The van der Waals surface area contributed by atoms with Gasteiger partial charge in [0, 0.05) is 44.6 Å². The molecule has 0 bridgehead atoms. The smallest absolute Gasteiger partial charge is 0.317 e. The molecular formula is C18H22ClFN2O3. The van der Waals surface area contributed by atoms with Crippen LogP contribution in [0.3, 0.4) is 0 Å². The van der Waals surface area contributed by atoms with E-state index < -0.39 is 5.82 Å². The van der Waals surface area contributed by atoms with Crippen LogP contribution in [0.2, 0.25) is 5.02 Å². The van der Waals surface area contributed by atoms with Gasteiger partial charge >= 0.3 is 6.03 Å². The summed E-state index contributed by atoms with van der Waals surface area (Å²) in [5.41, 5.74) is 0.630. The van der Waals surface area contributed by atoms with Gasteiger partial charge in [-0.2, -0.15) is 0 Å². The van der Waals surface area contributed by atoms with Crippen LogP contribution in [0.1, 0.15) is 30.7 Å². The van der Waals surface area contributed by atoms with E-state index in [1.807, 2.05) is 11.0 Å². The number of benzene rings is 1. The van der Waals surface area contributed by atoms with Crippen molar-refractivity contribution in [1.29, 1.82) is 0 Å². The molecule has 2 atom stereocenters. The van der Waals surface area contributed by atoms with E-state index in [0.29, 0.717) is 32.9 Å². The summed E-state index contributed by atoms with van der Waals surface area (Å²) in [6.07, 6.45) is 2.48. The van der Waals surface area contributed by atoms with Gasteiger partial charge in [0.05, 0.1) is 23.8 Å². The molecule has 1 saturated carbocycles. The lowest BCUT2D eigenvalue weighted by Crippen LogP contribution is -2.58. The number of ether oxygens (including phenoxy) is 2. The summed E-state index contributed by atoms with van der Waals surface area (Å²) >= 11 is 5.73. The average Bonchev–Trinajstić information content (AvgIpc) is 3.37. The van der Waals surface area contributed by atoms with E-state index in [2.05, 4.69) is 5.32 Å². The summed E-state index contributed by atoms with van der Waals surface area (Å²) < 4.78 is 25.0. The summed E-state index contributed by atoms with van der Waals surface area (Å²) in [6.45, 7) is 3.13. The van der Waals surface area contributed by atoms with E-state index in [9.17, 15) is 9.18 Å². The van der Waals surface area contributed by atoms with E-state index in [-0.39, 0.29) is 28.6 Å². The van der Waals surface area contributed by atoms with E-state index in [1.54, 1.807) is 6.07 Å². The van der Waals surface area contributed by atoms with Gasteiger partial charge in [-0.25, -0.2) is 9.18 Å². The maximum atomic E-state index is 13.6. The van der Waals surface area contributed by atoms with Gasteiger partial charge in [0.15, 0.2) is 0 Å². The molecule has 0 aromatic heterocycles. The Hall–Kier alpha value is -1.37. The Bertz CT molecular complexity index is 660. The zero-order chi connectivity index (χ0) is 17.4. The molecule has 4 rings (SSSR count). The molecule has 1 aromatic carbocycles. The summed E-state index contributed by atoms with van der Waals surface area (Å²) in [5, 5.41) is 3.20. The molecule has 1 N–H and O–H groups in total. The van der Waals surface area contributed by atoms with Crippen molar-refractivity contribution >= 4 is 17.6 Å². The second-order valence-electron chi connectivity index (χ2n) is 7.14. The first-order chi connectivity index (χ1) is 12.1. The minimum Gasteiger partial charge on any atom is -0.381 e. The molecule has 7 heteroatoms. The molecule has 2 heterocycles. The summed E-state index contributed by atoms with van der Waals surface area (Å²) in [7, 11) is 0. The normalized spacial score (nSPS) is 28.0. The Balaban J connectivity index is 1.34. The molecule has 0 radical (unpaired) electrons. The Kier molecular flexibility index (Phi) is 4.60. The van der Waals surface area contributed by atoms with E-state index in [4.69, 9.17) is 21.1 Å². The van der Waals surface area contributed by atoms with Crippen molar-refractivity contribution in [3.8, 4) is 0 Å². The lowest BCUT2D eigenvalue weighted by Gasteiger charge is -2.44. The predicted octanol–water partition coefficient (Wildman–Crippen LogP) is 2.93. The van der Waals surface area contributed by atoms with Crippen molar-refractivity contribution in [2.75, 3.05) is 32.9 Å². The van der Waals surface area contributed by atoms with Gasteiger partial charge in [-0.1, -0.05) is 17.7 Å². The lowest BCUT2D eigenvalue weighted by molar-refractivity contribution is -0.145. The second kappa shape index (κ2) is 6.74. The number of amides is 2. The molecule has 3 aliphatic rings. The van der Waals surface area contributed by atoms with Crippen molar-refractivity contribution in [1.82, 2.24) is 10.2 Å². The van der Waals surface area contributed by atoms with Crippen LogP contribution in [0, 0.1) is 5.82 Å². The van der Waals surface area contributed by atoms with Crippen molar-refractivity contribution in [2.45, 2.75) is 36.8 Å². The van der Waals surface area contributed by atoms with Crippen molar-refractivity contribution in [3.63, 3.8) is 0 Å². The number of halogens is 2. The van der Waals surface area contributed by atoms with Crippen LogP contribution in [0.25, 0.3) is 0 Å². The van der Waals surface area contributed by atoms with E-state index in [0.717, 1.165) is 24.8 Å². The third-order valence-electron chi connectivity index (χ3n) is 5.41. The van der Waals surface area contributed by atoms with Crippen LogP contribution in [-0.4, -0.2) is 55.5 Å². The molecule has 1 aliphatic carbocycles. The third-order valence-corrected chi connectivity index (χ3v) is 5.72. The fraction of sp³-hybridized carbons (Fsp3) is 0.611. The lowest BCUT2D eigenvalue weighted by atomic mass is 9.92. The summed E-state index contributed by atoms with van der Waals surface area (Å²) in [4.78, 5) is 14.4. The molecule has 25 heavy (non-hydrogen) atoms. The fourth-order valence-electron chi connectivity index (χ4n) is 3.78. The molecule has 5 nitrogen and oxygen atoms in total. The number of carbonyl (C=O) groups is 1. The van der Waals surface area contributed by atoms with Crippen LogP contribution in [0.15, 0.2) is 18.2 Å². The minimum absolute atomic E-state index is 0.0570. The standard InChI is InChI=1S/C18H22ClFN2O3/c19-14-2-1-12(9-15(14)20)13-10-16(13)21-17(23)22-5-8-25-18(11-22)3-6-24-7-4-18/h1-2,9,13,16H,3-8,10-11H2,(H,21,23)/t13-,16+/m0/s1. The Morgan fingerprint density at radius 3 is 2.88 bits per heavy atom. The zero-order valence-corrected chi connectivity index (χ0v) is 14.7. The molecule has 1 aromatic rings. The first-order valence-electron chi connectivity index (χ1n) is 8.78. The SMILES string of the molecule is O=C(N[C@@H]1C[C@H]1c1ccc(Cl)c(F)c1)N1CCOC2(CCOCC2)C1. The molecule has 1 spiro atoms. The molecule has 3 fully saturated rings. The monoisotopic (exact) mass is 368 g/mol. The second-order valence-corrected chi connectivity index (χ2v) is 7.54. The first-order valence-corrected chi connectivity index (χ1v) is 9.16. The number of hydrogen-bond donors (Lipinski definition) is 1. The van der Waals surface area contributed by atoms with Crippen molar-refractivity contribution in [2.24, 2.45) is 0 Å². The van der Waals surface area contributed by atoms with Gasteiger partial charge in [0.2, 0.25) is 0 Å². The van der Waals surface area contributed by atoms with Gasteiger partial charge in [0.25, 0.3) is 0 Å². The van der Waals surface area contributed by atoms with Crippen LogP contribution in [0.5, 0.6) is 0 Å². The van der Waals surface area contributed by atoms with E-state index >= 15 is 0 Å². The largest absolute Gasteiger partial charge is 0.381 e. The number of nitrogens with zero attached hydrogens (tertiary/aromatic N) is 1. The summed E-state index contributed by atoms with van der Waals surface area (Å²) in [5.74, 6) is -0.250. The van der Waals surface area contributed by atoms with Crippen LogP contribution >= 0.6 is 11.6 Å². The quantitative estimate of drug-likeness (QED) is 0.873. The van der Waals surface area contributed by atoms with Gasteiger partial charge in [-0.15, -0.1) is 0 Å². The number of rotatable bonds is 2. The van der Waals surface area contributed by atoms with Gasteiger partial charge in [-0.3, -0.25) is 0 Å². The van der Waals surface area contributed by atoms with Crippen LogP contribution in [-0.2, 0) is 9.47 Å². The molecule has 136 valence electrons. The van der Waals surface area contributed by atoms with Gasteiger partial charge < -0.3 is 19.7 Å². The highest BCUT2D eigenvalue weighted by Crippen LogP contribution is 2.41. The zero-order valence-electron chi connectivity index (χ0n) is 14.0. The highest BCUT2D eigenvalue weighted by Gasteiger charge is 2.43. The molecular weight excluding hydrogens is 347 g/mol. The number of morpholine rings is 1. The van der Waals surface area contributed by atoms with Crippen molar-refractivity contribution < 1.29 is 18.7 Å². The molecule has 2 amide bonds. The Morgan fingerprint density at radius 2 is 2.12 bits per heavy atom. The molecule has 0 unspecified atom stereocenters.